The van der Waals surface area contributed by atoms with Gasteiger partial charge in [0, 0.05) is 12.1 Å². The van der Waals surface area contributed by atoms with Crippen LogP contribution in [-0.2, 0) is 10.0 Å². The molecule has 0 amide bonds. The summed E-state index contributed by atoms with van der Waals surface area (Å²) in [6.07, 6.45) is 7.97. The van der Waals surface area contributed by atoms with Gasteiger partial charge < -0.3 is 0 Å². The lowest BCUT2D eigenvalue weighted by Gasteiger charge is -2.36. The molecule has 0 aliphatic heterocycles. The van der Waals surface area contributed by atoms with Crippen molar-refractivity contribution < 1.29 is 13.3 Å². The van der Waals surface area contributed by atoms with Gasteiger partial charge in [0.2, 0.25) is 10.0 Å². The summed E-state index contributed by atoms with van der Waals surface area (Å²) in [6, 6.07) is 5.31. The van der Waals surface area contributed by atoms with Crippen molar-refractivity contribution in [2.75, 3.05) is 0 Å². The summed E-state index contributed by atoms with van der Waals surface area (Å²) < 4.78 is 27.7. The number of fused-ring (bicyclic) bond motifs is 2. The molecule has 1 N–H and O–H groups in total. The van der Waals surface area contributed by atoms with E-state index in [-0.39, 0.29) is 16.6 Å². The van der Waals surface area contributed by atoms with Crippen LogP contribution >= 0.6 is 0 Å². The van der Waals surface area contributed by atoms with Crippen LogP contribution in [0.1, 0.15) is 25.7 Å². The number of nitrogens with zero attached hydrogens (tertiary/aromatic N) is 1. The number of benzene rings is 1. The number of nitro groups is 1. The van der Waals surface area contributed by atoms with Gasteiger partial charge in [-0.25, -0.2) is 13.1 Å². The summed E-state index contributed by atoms with van der Waals surface area (Å²) >= 11 is 0. The van der Waals surface area contributed by atoms with Crippen LogP contribution in [0, 0.1) is 22.0 Å². The van der Waals surface area contributed by atoms with E-state index in [0.717, 1.165) is 25.7 Å². The average Bonchev–Trinajstić information content (AvgIpc) is 2.46. The molecule has 0 heterocycles. The fourth-order valence-corrected chi connectivity index (χ4v) is 4.95. The first-order valence-corrected chi connectivity index (χ1v) is 8.86. The molecule has 1 aromatic carbocycles. The number of nitrogens with one attached hydrogen (secondary N) is 1. The SMILES string of the molecule is O=[N+]([O-])c1ccccc1S(=O)(=O)NC1CC2C=CCC(C2)C1. The first-order chi connectivity index (χ1) is 10.5. The number of hydrogen-bond acceptors (Lipinski definition) is 4. The van der Waals surface area contributed by atoms with Crippen molar-refractivity contribution in [3.8, 4) is 0 Å². The van der Waals surface area contributed by atoms with Gasteiger partial charge in [-0.3, -0.25) is 10.1 Å². The Hall–Kier alpha value is -1.73. The Kier molecular flexibility index (Phi) is 4.01. The van der Waals surface area contributed by atoms with Crippen LogP contribution in [-0.4, -0.2) is 19.4 Å². The van der Waals surface area contributed by atoms with Crippen LogP contribution in [0.2, 0.25) is 0 Å². The second-order valence-electron chi connectivity index (χ2n) is 6.04. The standard InChI is InChI=1S/C15H18N2O4S/c18-17(19)14-6-1-2-7-15(14)22(20,21)16-13-9-11-4-3-5-12(8-11)10-13/h1-4,6-7,11-13,16H,5,8-10H2. The molecule has 1 saturated carbocycles. The van der Waals surface area contributed by atoms with Gasteiger partial charge in [0.25, 0.3) is 5.69 Å². The monoisotopic (exact) mass is 322 g/mol. The van der Waals surface area contributed by atoms with E-state index in [4.69, 9.17) is 0 Å². The molecule has 2 aliphatic carbocycles. The molecule has 3 atom stereocenters. The van der Waals surface area contributed by atoms with Gasteiger partial charge in [-0.2, -0.15) is 0 Å². The molecule has 22 heavy (non-hydrogen) atoms. The molecule has 3 rings (SSSR count). The van der Waals surface area contributed by atoms with Crippen molar-refractivity contribution in [2.24, 2.45) is 11.8 Å². The summed E-state index contributed by atoms with van der Waals surface area (Å²) in [5.74, 6) is 0.910. The zero-order valence-electron chi connectivity index (χ0n) is 12.0. The Balaban J connectivity index is 1.83. The summed E-state index contributed by atoms with van der Waals surface area (Å²) in [6.45, 7) is 0. The molecule has 0 aromatic heterocycles. The predicted octanol–water partition coefficient (Wildman–Crippen LogP) is 2.62. The van der Waals surface area contributed by atoms with E-state index in [1.807, 2.05) is 0 Å². The van der Waals surface area contributed by atoms with Crippen LogP contribution in [0.4, 0.5) is 5.69 Å². The van der Waals surface area contributed by atoms with E-state index in [2.05, 4.69) is 16.9 Å². The smallest absolute Gasteiger partial charge is 0.258 e. The molecule has 7 heteroatoms. The third-order valence-electron chi connectivity index (χ3n) is 4.39. The summed E-state index contributed by atoms with van der Waals surface area (Å²) in [7, 11) is -3.88. The number of nitro benzene ring substituents is 1. The minimum Gasteiger partial charge on any atom is -0.258 e. The van der Waals surface area contributed by atoms with Gasteiger partial charge in [-0.15, -0.1) is 0 Å². The van der Waals surface area contributed by atoms with Gasteiger partial charge in [0.15, 0.2) is 4.90 Å². The van der Waals surface area contributed by atoms with E-state index >= 15 is 0 Å². The largest absolute Gasteiger partial charge is 0.289 e. The summed E-state index contributed by atoms with van der Waals surface area (Å²) in [5, 5.41) is 11.0. The molecular formula is C15H18N2O4S. The van der Waals surface area contributed by atoms with Crippen molar-refractivity contribution in [3.05, 3.63) is 46.5 Å². The Morgan fingerprint density at radius 2 is 1.95 bits per heavy atom. The molecule has 2 bridgehead atoms. The highest BCUT2D eigenvalue weighted by atomic mass is 32.2. The van der Waals surface area contributed by atoms with Crippen LogP contribution in [0.15, 0.2) is 41.3 Å². The zero-order valence-corrected chi connectivity index (χ0v) is 12.8. The molecular weight excluding hydrogens is 304 g/mol. The second kappa shape index (κ2) is 5.81. The lowest BCUT2D eigenvalue weighted by molar-refractivity contribution is -0.387. The van der Waals surface area contributed by atoms with Gasteiger partial charge >= 0.3 is 0 Å². The third-order valence-corrected chi connectivity index (χ3v) is 5.96. The molecule has 0 saturated heterocycles. The van der Waals surface area contributed by atoms with Crippen LogP contribution in [0.5, 0.6) is 0 Å². The minimum absolute atomic E-state index is 0.154. The number of sulfonamides is 1. The fraction of sp³-hybridized carbons (Fsp3) is 0.467. The van der Waals surface area contributed by atoms with E-state index in [9.17, 15) is 18.5 Å². The van der Waals surface area contributed by atoms with Crippen molar-refractivity contribution in [2.45, 2.75) is 36.6 Å². The second-order valence-corrected chi connectivity index (χ2v) is 7.72. The maximum Gasteiger partial charge on any atom is 0.289 e. The molecule has 0 spiro atoms. The lowest BCUT2D eigenvalue weighted by Crippen LogP contribution is -2.41. The highest BCUT2D eigenvalue weighted by Crippen LogP contribution is 2.36. The zero-order chi connectivity index (χ0) is 15.7. The van der Waals surface area contributed by atoms with Crippen LogP contribution in [0.25, 0.3) is 0 Å². The van der Waals surface area contributed by atoms with E-state index in [1.165, 1.54) is 24.3 Å². The predicted molar refractivity (Wildman–Crippen MR) is 81.8 cm³/mol. The fourth-order valence-electron chi connectivity index (χ4n) is 3.51. The average molecular weight is 322 g/mol. The summed E-state index contributed by atoms with van der Waals surface area (Å²) in [4.78, 5) is 10.1. The molecule has 1 aromatic rings. The molecule has 3 unspecified atom stereocenters. The maximum absolute atomic E-state index is 12.5. The quantitative estimate of drug-likeness (QED) is 0.524. The highest BCUT2D eigenvalue weighted by Gasteiger charge is 2.33. The molecule has 118 valence electrons. The maximum atomic E-state index is 12.5. The molecule has 0 radical (unpaired) electrons. The lowest BCUT2D eigenvalue weighted by atomic mass is 9.74. The van der Waals surface area contributed by atoms with Crippen molar-refractivity contribution in [1.82, 2.24) is 4.72 Å². The van der Waals surface area contributed by atoms with E-state index in [1.54, 1.807) is 0 Å². The van der Waals surface area contributed by atoms with Gasteiger partial charge in [0.05, 0.1) is 4.92 Å². The van der Waals surface area contributed by atoms with Crippen molar-refractivity contribution in [3.63, 3.8) is 0 Å². The topological polar surface area (TPSA) is 89.3 Å². The molecule has 6 nitrogen and oxygen atoms in total. The van der Waals surface area contributed by atoms with Crippen LogP contribution < -0.4 is 4.72 Å². The molecule has 1 fully saturated rings. The third kappa shape index (κ3) is 3.05. The first-order valence-electron chi connectivity index (χ1n) is 7.38. The Bertz CT molecular complexity index is 714. The normalized spacial score (nSPS) is 27.5. The first kappa shape index (κ1) is 15.2. The number of hydrogen-bond donors (Lipinski definition) is 1. The van der Waals surface area contributed by atoms with Crippen molar-refractivity contribution >= 4 is 15.7 Å². The molecule has 2 aliphatic rings. The van der Waals surface area contributed by atoms with Gasteiger partial charge in [-0.1, -0.05) is 24.3 Å². The summed E-state index contributed by atoms with van der Waals surface area (Å²) in [5.41, 5.74) is -0.383. The number of allylic oxidation sites excluding steroid dienone is 2. The van der Waals surface area contributed by atoms with E-state index < -0.39 is 14.9 Å². The van der Waals surface area contributed by atoms with Crippen molar-refractivity contribution in [1.29, 1.82) is 0 Å². The highest BCUT2D eigenvalue weighted by molar-refractivity contribution is 7.89. The minimum atomic E-state index is -3.88. The van der Waals surface area contributed by atoms with Gasteiger partial charge in [0.1, 0.15) is 0 Å². The van der Waals surface area contributed by atoms with Gasteiger partial charge in [-0.05, 0) is 43.6 Å². The van der Waals surface area contributed by atoms with Crippen LogP contribution in [0.3, 0.4) is 0 Å². The van der Waals surface area contributed by atoms with E-state index in [0.29, 0.717) is 11.8 Å². The Morgan fingerprint density at radius 1 is 1.18 bits per heavy atom. The Labute approximate surface area is 129 Å². The Morgan fingerprint density at radius 3 is 2.68 bits per heavy atom. The number of rotatable bonds is 4. The number of para-hydroxylation sites is 1.